The third kappa shape index (κ3) is 5.92. The van der Waals surface area contributed by atoms with Crippen LogP contribution in [-0.4, -0.2) is 59.7 Å². The molecule has 3 aromatic heterocycles. The molecule has 2 aliphatic rings. The molecular formula is C34H34GeN4O4. The predicted octanol–water partition coefficient (Wildman–Crippen LogP) is 7.43. The Bertz CT molecular complexity index is 1920. The minimum Gasteiger partial charge on any atom is -0.481 e. The third-order valence-corrected chi connectivity index (χ3v) is 8.22. The van der Waals surface area contributed by atoms with E-state index in [1.165, 1.54) is 0 Å². The van der Waals surface area contributed by atoms with Crippen molar-refractivity contribution in [2.45, 2.75) is 53.4 Å². The topological polar surface area (TPSA) is 132 Å². The van der Waals surface area contributed by atoms with Crippen molar-refractivity contribution < 1.29 is 19.8 Å². The van der Waals surface area contributed by atoms with Gasteiger partial charge in [-0.25, -0.2) is 9.97 Å². The molecule has 8 nitrogen and oxygen atoms in total. The van der Waals surface area contributed by atoms with Gasteiger partial charge in [0.2, 0.25) is 0 Å². The Kier molecular flexibility index (Phi) is 9.10. The second kappa shape index (κ2) is 12.4. The van der Waals surface area contributed by atoms with Crippen LogP contribution in [0.1, 0.15) is 84.6 Å². The minimum atomic E-state index is -0.889. The Morgan fingerprint density at radius 1 is 0.674 bits per heavy atom. The van der Waals surface area contributed by atoms with Crippen molar-refractivity contribution >= 4 is 86.0 Å². The normalized spacial score (nSPS) is 12.7. The maximum atomic E-state index is 11.5. The molecule has 8 bridgehead atoms. The molecule has 3 aromatic rings. The second-order valence-corrected chi connectivity index (χ2v) is 10.7. The van der Waals surface area contributed by atoms with Crippen LogP contribution in [0.5, 0.6) is 0 Å². The molecule has 5 heterocycles. The van der Waals surface area contributed by atoms with Gasteiger partial charge < -0.3 is 20.2 Å². The summed E-state index contributed by atoms with van der Waals surface area (Å²) in [6.45, 7) is 16.1. The molecule has 0 saturated carbocycles. The molecule has 0 aromatic carbocycles. The standard InChI is InChI=1S/C34H34N4O4.Ge/c1-7-21-17(3)25-13-26-19(5)23(9-11-33(39)40)31(37-26)16-32-24(10-12-34(41)42)20(6)28(38-32)15-30-22(8-2)18(4)27(36-30)14-29(21)35-25;/h7-8,13-16,35-36H,1-2,9-12H2,3-6H3,(H,39,40)(H,41,42);. The number of carboxylic acids is 2. The number of aromatic amines is 2. The van der Waals surface area contributed by atoms with Crippen LogP contribution in [0.3, 0.4) is 0 Å². The molecule has 0 atom stereocenters. The van der Waals surface area contributed by atoms with E-state index in [4.69, 9.17) is 9.97 Å². The van der Waals surface area contributed by atoms with E-state index in [2.05, 4.69) is 29.2 Å². The van der Waals surface area contributed by atoms with E-state index in [9.17, 15) is 19.8 Å². The van der Waals surface area contributed by atoms with Crippen LogP contribution in [0.15, 0.2) is 37.4 Å². The molecule has 2 aliphatic heterocycles. The quantitative estimate of drug-likeness (QED) is 0.191. The summed E-state index contributed by atoms with van der Waals surface area (Å²) in [6.07, 6.45) is 4.20. The number of nitrogens with zero attached hydrogens (tertiary/aromatic N) is 2. The third-order valence-electron chi connectivity index (χ3n) is 8.22. The van der Waals surface area contributed by atoms with Crippen molar-refractivity contribution in [3.8, 4) is 0 Å². The summed E-state index contributed by atoms with van der Waals surface area (Å²) in [5, 5.41) is 18.9. The Hall–Kier alpha value is -4.44. The number of fused-ring (bicyclic) bond motifs is 8. The van der Waals surface area contributed by atoms with Crippen LogP contribution >= 0.6 is 0 Å². The number of aryl methyl sites for hydroxylation is 2. The number of H-pyrrole nitrogens is 2. The van der Waals surface area contributed by atoms with Gasteiger partial charge >= 0.3 is 11.9 Å². The average Bonchev–Trinajstić information content (AvgIpc) is 3.59. The maximum absolute atomic E-state index is 11.5. The Labute approximate surface area is 261 Å². The van der Waals surface area contributed by atoms with Gasteiger partial charge in [-0.2, -0.15) is 0 Å². The number of carboxylic acid groups (broad SMARTS) is 2. The Morgan fingerprint density at radius 3 is 1.49 bits per heavy atom. The predicted molar refractivity (Wildman–Crippen MR) is 175 cm³/mol. The first-order chi connectivity index (χ1) is 20.0. The van der Waals surface area contributed by atoms with Crippen molar-refractivity contribution in [1.82, 2.24) is 19.9 Å². The fraction of sp³-hybridized carbons (Fsp3) is 0.235. The zero-order valence-electron chi connectivity index (χ0n) is 24.8. The van der Waals surface area contributed by atoms with Gasteiger partial charge in [0.05, 0.1) is 22.8 Å². The maximum Gasteiger partial charge on any atom is 0.303 e. The van der Waals surface area contributed by atoms with Gasteiger partial charge in [0.1, 0.15) is 0 Å². The molecule has 4 N–H and O–H groups in total. The Balaban J connectivity index is 0.00000423. The van der Waals surface area contributed by atoms with E-state index < -0.39 is 11.9 Å². The molecule has 0 saturated heterocycles. The van der Waals surface area contributed by atoms with E-state index in [0.717, 1.165) is 78.0 Å². The monoisotopic (exact) mass is 636 g/mol. The first-order valence-corrected chi connectivity index (χ1v) is 13.9. The summed E-state index contributed by atoms with van der Waals surface area (Å²) in [5.41, 5.74) is 13.7. The first kappa shape index (κ1) is 31.5. The summed E-state index contributed by atoms with van der Waals surface area (Å²) < 4.78 is 0. The number of nitrogens with one attached hydrogen (secondary N) is 2. The summed E-state index contributed by atoms with van der Waals surface area (Å²) >= 11 is 0. The largest absolute Gasteiger partial charge is 0.481 e. The van der Waals surface area contributed by atoms with Gasteiger partial charge in [-0.05, 0) is 98.2 Å². The van der Waals surface area contributed by atoms with E-state index in [1.54, 1.807) is 0 Å². The van der Waals surface area contributed by atoms with Crippen LogP contribution in [0.2, 0.25) is 0 Å². The van der Waals surface area contributed by atoms with Gasteiger partial charge in [-0.3, -0.25) is 9.59 Å². The molecule has 218 valence electrons. The molecule has 0 unspecified atom stereocenters. The van der Waals surface area contributed by atoms with Crippen molar-refractivity contribution in [2.24, 2.45) is 0 Å². The molecule has 0 spiro atoms. The fourth-order valence-electron chi connectivity index (χ4n) is 5.77. The van der Waals surface area contributed by atoms with Crippen molar-refractivity contribution in [3.63, 3.8) is 0 Å². The molecule has 9 heteroatoms. The van der Waals surface area contributed by atoms with Crippen molar-refractivity contribution in [2.75, 3.05) is 0 Å². The van der Waals surface area contributed by atoms with Crippen LogP contribution < -0.4 is 0 Å². The summed E-state index contributed by atoms with van der Waals surface area (Å²) in [6, 6.07) is 7.88. The number of rotatable bonds is 8. The van der Waals surface area contributed by atoms with Crippen molar-refractivity contribution in [3.05, 3.63) is 82.5 Å². The van der Waals surface area contributed by atoms with Gasteiger partial charge in [0.15, 0.2) is 0 Å². The number of allylic oxidation sites excluding steroid dienone is 4. The average molecular weight is 635 g/mol. The number of carbonyl (C=O) groups is 2. The number of hydrogen-bond donors (Lipinski definition) is 4. The smallest absolute Gasteiger partial charge is 0.303 e. The fourth-order valence-corrected chi connectivity index (χ4v) is 5.77. The van der Waals surface area contributed by atoms with Crippen molar-refractivity contribution in [1.29, 1.82) is 0 Å². The van der Waals surface area contributed by atoms with E-state index in [0.29, 0.717) is 24.2 Å². The van der Waals surface area contributed by atoms with Gasteiger partial charge in [0, 0.05) is 63.6 Å². The van der Waals surface area contributed by atoms with Crippen LogP contribution in [0, 0.1) is 13.8 Å². The number of aromatic nitrogens is 4. The molecule has 43 heavy (non-hydrogen) atoms. The SMILES string of the molecule is C=Cc1c(C)c2cc3[nH]c(cc4nc(cc5nc(cc1[nH]2)C(C)=C5CCC(=O)O)C(CCC(=O)O)=C4C)c(C)c3C=C.[Ge]. The summed E-state index contributed by atoms with van der Waals surface area (Å²) in [5.74, 6) is -1.78. The molecule has 0 amide bonds. The summed E-state index contributed by atoms with van der Waals surface area (Å²) in [4.78, 5) is 40.0. The van der Waals surface area contributed by atoms with E-state index in [-0.39, 0.29) is 30.4 Å². The van der Waals surface area contributed by atoms with E-state index in [1.807, 2.05) is 58.0 Å². The molecule has 0 aliphatic carbocycles. The second-order valence-electron chi connectivity index (χ2n) is 10.7. The number of aliphatic carboxylic acids is 2. The minimum absolute atomic E-state index is 0. The van der Waals surface area contributed by atoms with Crippen LogP contribution in [0.4, 0.5) is 0 Å². The molecular weight excluding hydrogens is 601 g/mol. The van der Waals surface area contributed by atoms with E-state index >= 15 is 0 Å². The summed E-state index contributed by atoms with van der Waals surface area (Å²) in [7, 11) is 0. The van der Waals surface area contributed by atoms with Crippen LogP contribution in [-0.2, 0) is 9.59 Å². The van der Waals surface area contributed by atoms with Gasteiger partial charge in [-0.15, -0.1) is 0 Å². The zero-order valence-corrected chi connectivity index (χ0v) is 26.9. The van der Waals surface area contributed by atoms with Gasteiger partial charge in [0.25, 0.3) is 0 Å². The molecule has 0 fully saturated rings. The van der Waals surface area contributed by atoms with Crippen LogP contribution in [0.25, 0.3) is 56.5 Å². The molecule has 5 rings (SSSR count). The Morgan fingerprint density at radius 2 is 1.07 bits per heavy atom. The number of hydrogen-bond acceptors (Lipinski definition) is 4. The van der Waals surface area contributed by atoms with Gasteiger partial charge in [-0.1, -0.05) is 25.3 Å². The molecule has 4 radical (unpaired) electrons. The first-order valence-electron chi connectivity index (χ1n) is 13.9. The zero-order chi connectivity index (χ0) is 30.3.